The SMILES string of the molecule is CN(C)CCCNC(=O)c1ccccc1N1CCC(NC(=O)c2ccc(F)cc2)CC1. The van der Waals surface area contributed by atoms with Gasteiger partial charge in [-0.2, -0.15) is 0 Å². The van der Waals surface area contributed by atoms with Crippen molar-refractivity contribution in [1.82, 2.24) is 15.5 Å². The third-order valence-electron chi connectivity index (χ3n) is 5.49. The van der Waals surface area contributed by atoms with Gasteiger partial charge in [0.1, 0.15) is 5.82 Å². The predicted octanol–water partition coefficient (Wildman–Crippen LogP) is 2.91. The summed E-state index contributed by atoms with van der Waals surface area (Å²) < 4.78 is 13.1. The maximum Gasteiger partial charge on any atom is 0.253 e. The van der Waals surface area contributed by atoms with E-state index in [2.05, 4.69) is 20.4 Å². The molecular weight excluding hydrogens is 395 g/mol. The van der Waals surface area contributed by atoms with Gasteiger partial charge in [-0.1, -0.05) is 12.1 Å². The van der Waals surface area contributed by atoms with Crippen LogP contribution in [-0.4, -0.2) is 63.0 Å². The number of benzene rings is 2. The molecule has 1 saturated heterocycles. The molecule has 2 aromatic carbocycles. The molecule has 1 aliphatic rings. The molecule has 0 spiro atoms. The third-order valence-corrected chi connectivity index (χ3v) is 5.49. The summed E-state index contributed by atoms with van der Waals surface area (Å²) in [5.41, 5.74) is 2.07. The summed E-state index contributed by atoms with van der Waals surface area (Å²) in [4.78, 5) is 29.4. The van der Waals surface area contributed by atoms with Crippen molar-refractivity contribution < 1.29 is 14.0 Å². The molecule has 2 aromatic rings. The first-order chi connectivity index (χ1) is 14.9. The van der Waals surface area contributed by atoms with Crippen molar-refractivity contribution in [2.24, 2.45) is 0 Å². The Morgan fingerprint density at radius 2 is 1.71 bits per heavy atom. The van der Waals surface area contributed by atoms with Crippen molar-refractivity contribution in [3.63, 3.8) is 0 Å². The van der Waals surface area contributed by atoms with E-state index in [1.165, 1.54) is 24.3 Å². The minimum atomic E-state index is -0.356. The first kappa shape index (κ1) is 22.7. The van der Waals surface area contributed by atoms with Gasteiger partial charge >= 0.3 is 0 Å². The van der Waals surface area contributed by atoms with Crippen LogP contribution in [0.25, 0.3) is 0 Å². The van der Waals surface area contributed by atoms with Crippen LogP contribution in [-0.2, 0) is 0 Å². The average Bonchev–Trinajstić information content (AvgIpc) is 2.77. The molecule has 0 aromatic heterocycles. The summed E-state index contributed by atoms with van der Waals surface area (Å²) >= 11 is 0. The number of anilines is 1. The Morgan fingerprint density at radius 3 is 2.39 bits per heavy atom. The molecule has 1 aliphatic heterocycles. The highest BCUT2D eigenvalue weighted by molar-refractivity contribution is 5.99. The van der Waals surface area contributed by atoms with Crippen LogP contribution in [0.5, 0.6) is 0 Å². The number of hydrogen-bond donors (Lipinski definition) is 2. The second-order valence-electron chi connectivity index (χ2n) is 8.17. The first-order valence-electron chi connectivity index (χ1n) is 10.8. The van der Waals surface area contributed by atoms with Gasteiger partial charge in [-0.25, -0.2) is 4.39 Å². The molecule has 0 atom stereocenters. The normalized spacial score (nSPS) is 14.5. The summed E-state index contributed by atoms with van der Waals surface area (Å²) in [6.07, 6.45) is 2.47. The zero-order chi connectivity index (χ0) is 22.2. The zero-order valence-electron chi connectivity index (χ0n) is 18.2. The Kier molecular flexibility index (Phi) is 8.00. The fraction of sp³-hybridized carbons (Fsp3) is 0.417. The smallest absolute Gasteiger partial charge is 0.253 e. The monoisotopic (exact) mass is 426 g/mol. The van der Waals surface area contributed by atoms with Crippen LogP contribution in [0.3, 0.4) is 0 Å². The minimum Gasteiger partial charge on any atom is -0.371 e. The van der Waals surface area contributed by atoms with Gasteiger partial charge in [0.2, 0.25) is 0 Å². The van der Waals surface area contributed by atoms with Crippen molar-refractivity contribution in [1.29, 1.82) is 0 Å². The van der Waals surface area contributed by atoms with Crippen LogP contribution in [0.2, 0.25) is 0 Å². The molecule has 0 radical (unpaired) electrons. The van der Waals surface area contributed by atoms with Gasteiger partial charge in [0, 0.05) is 36.9 Å². The lowest BCUT2D eigenvalue weighted by Crippen LogP contribution is -2.45. The fourth-order valence-corrected chi connectivity index (χ4v) is 3.77. The Hall–Kier alpha value is -2.93. The molecule has 0 unspecified atom stereocenters. The molecule has 1 fully saturated rings. The summed E-state index contributed by atoms with van der Waals surface area (Å²) in [6, 6.07) is 13.3. The largest absolute Gasteiger partial charge is 0.371 e. The van der Waals surface area contributed by atoms with E-state index >= 15 is 0 Å². The molecule has 1 heterocycles. The van der Waals surface area contributed by atoms with Gasteiger partial charge in [-0.05, 0) is 76.3 Å². The van der Waals surface area contributed by atoms with E-state index in [1.807, 2.05) is 38.4 Å². The second-order valence-corrected chi connectivity index (χ2v) is 8.17. The lowest BCUT2D eigenvalue weighted by Gasteiger charge is -2.35. The molecule has 2 amide bonds. The minimum absolute atomic E-state index is 0.0545. The van der Waals surface area contributed by atoms with E-state index in [9.17, 15) is 14.0 Å². The Labute approximate surface area is 183 Å². The quantitative estimate of drug-likeness (QED) is 0.637. The van der Waals surface area contributed by atoms with Crippen molar-refractivity contribution in [3.8, 4) is 0 Å². The highest BCUT2D eigenvalue weighted by atomic mass is 19.1. The number of rotatable bonds is 8. The number of amides is 2. The van der Waals surface area contributed by atoms with Crippen LogP contribution < -0.4 is 15.5 Å². The van der Waals surface area contributed by atoms with Crippen LogP contribution in [0, 0.1) is 5.82 Å². The molecule has 0 bridgehead atoms. The average molecular weight is 427 g/mol. The summed E-state index contributed by atoms with van der Waals surface area (Å²) in [5.74, 6) is -0.595. The van der Waals surface area contributed by atoms with Crippen molar-refractivity contribution >= 4 is 17.5 Å². The first-order valence-corrected chi connectivity index (χ1v) is 10.8. The topological polar surface area (TPSA) is 64.7 Å². The highest BCUT2D eigenvalue weighted by Gasteiger charge is 2.24. The number of carbonyl (C=O) groups excluding carboxylic acids is 2. The lowest BCUT2D eigenvalue weighted by atomic mass is 10.0. The van der Waals surface area contributed by atoms with Gasteiger partial charge in [0.15, 0.2) is 0 Å². The Morgan fingerprint density at radius 1 is 1.03 bits per heavy atom. The van der Waals surface area contributed by atoms with E-state index in [-0.39, 0.29) is 23.7 Å². The molecule has 3 rings (SSSR count). The molecule has 7 heteroatoms. The summed E-state index contributed by atoms with van der Waals surface area (Å²) in [6.45, 7) is 3.07. The van der Waals surface area contributed by atoms with Gasteiger partial charge in [0.25, 0.3) is 11.8 Å². The van der Waals surface area contributed by atoms with E-state index in [1.54, 1.807) is 0 Å². The number of hydrogen-bond acceptors (Lipinski definition) is 4. The predicted molar refractivity (Wildman–Crippen MR) is 121 cm³/mol. The van der Waals surface area contributed by atoms with E-state index in [0.717, 1.165) is 44.6 Å². The van der Waals surface area contributed by atoms with Crippen molar-refractivity contribution in [3.05, 3.63) is 65.5 Å². The molecule has 0 saturated carbocycles. The molecule has 2 N–H and O–H groups in total. The Bertz CT molecular complexity index is 877. The maximum absolute atomic E-state index is 13.1. The highest BCUT2D eigenvalue weighted by Crippen LogP contribution is 2.24. The van der Waals surface area contributed by atoms with Crippen LogP contribution in [0.1, 0.15) is 40.0 Å². The fourth-order valence-electron chi connectivity index (χ4n) is 3.77. The molecule has 166 valence electrons. The number of nitrogens with one attached hydrogen (secondary N) is 2. The zero-order valence-corrected chi connectivity index (χ0v) is 18.2. The Balaban J connectivity index is 1.54. The number of carbonyl (C=O) groups is 2. The van der Waals surface area contributed by atoms with Crippen LogP contribution >= 0.6 is 0 Å². The second kappa shape index (κ2) is 10.9. The molecule has 0 aliphatic carbocycles. The molecule has 6 nitrogen and oxygen atoms in total. The lowest BCUT2D eigenvalue weighted by molar-refractivity contribution is 0.0929. The number of piperidine rings is 1. The van der Waals surface area contributed by atoms with Crippen molar-refractivity contribution in [2.45, 2.75) is 25.3 Å². The standard InChI is InChI=1S/C24H31FN4O2/c1-28(2)15-5-14-26-24(31)21-6-3-4-7-22(21)29-16-12-20(13-17-29)27-23(30)18-8-10-19(25)11-9-18/h3-4,6-11,20H,5,12-17H2,1-2H3,(H,26,31)(H,27,30). The van der Waals surface area contributed by atoms with E-state index < -0.39 is 0 Å². The van der Waals surface area contributed by atoms with E-state index in [0.29, 0.717) is 17.7 Å². The summed E-state index contributed by atoms with van der Waals surface area (Å²) in [5, 5.41) is 6.05. The van der Waals surface area contributed by atoms with Crippen molar-refractivity contribution in [2.75, 3.05) is 45.2 Å². The molecule has 31 heavy (non-hydrogen) atoms. The molecular formula is C24H31FN4O2. The van der Waals surface area contributed by atoms with Gasteiger partial charge in [-0.15, -0.1) is 0 Å². The van der Waals surface area contributed by atoms with Crippen LogP contribution in [0.4, 0.5) is 10.1 Å². The van der Waals surface area contributed by atoms with Gasteiger partial charge < -0.3 is 20.4 Å². The number of para-hydroxylation sites is 1. The number of nitrogens with zero attached hydrogens (tertiary/aromatic N) is 2. The number of halogens is 1. The van der Waals surface area contributed by atoms with Gasteiger partial charge in [-0.3, -0.25) is 9.59 Å². The summed E-state index contributed by atoms with van der Waals surface area (Å²) in [7, 11) is 4.03. The third kappa shape index (κ3) is 6.52. The van der Waals surface area contributed by atoms with Gasteiger partial charge in [0.05, 0.1) is 5.56 Å². The maximum atomic E-state index is 13.1. The van der Waals surface area contributed by atoms with Crippen LogP contribution in [0.15, 0.2) is 48.5 Å². The van der Waals surface area contributed by atoms with E-state index in [4.69, 9.17) is 0 Å².